The van der Waals surface area contributed by atoms with Crippen LogP contribution in [0, 0.1) is 6.92 Å². The van der Waals surface area contributed by atoms with E-state index in [2.05, 4.69) is 0 Å². The largest absolute Gasteiger partial charge is 0.399 e. The SMILES string of the molecule is Cc1cc(N2C(=O)c3cccc(N)c3C2=O)ccc1N. The van der Waals surface area contributed by atoms with E-state index in [0.717, 1.165) is 10.5 Å². The summed E-state index contributed by atoms with van der Waals surface area (Å²) < 4.78 is 0. The van der Waals surface area contributed by atoms with Gasteiger partial charge in [-0.1, -0.05) is 6.07 Å². The number of rotatable bonds is 1. The Kier molecular flexibility index (Phi) is 2.50. The minimum atomic E-state index is -0.396. The van der Waals surface area contributed by atoms with Gasteiger partial charge in [-0.15, -0.1) is 0 Å². The van der Waals surface area contributed by atoms with Crippen molar-refractivity contribution in [1.82, 2.24) is 0 Å². The number of nitrogens with two attached hydrogens (primary N) is 2. The molecule has 20 heavy (non-hydrogen) atoms. The molecule has 4 N–H and O–H groups in total. The van der Waals surface area contributed by atoms with Crippen LogP contribution in [0.4, 0.5) is 17.1 Å². The van der Waals surface area contributed by atoms with Crippen LogP contribution in [0.1, 0.15) is 26.3 Å². The second-order valence-electron chi connectivity index (χ2n) is 4.76. The molecular weight excluding hydrogens is 254 g/mol. The number of nitrogens with zero attached hydrogens (tertiary/aromatic N) is 1. The molecule has 5 nitrogen and oxygen atoms in total. The Bertz CT molecular complexity index is 753. The van der Waals surface area contributed by atoms with E-state index in [1.807, 2.05) is 6.92 Å². The van der Waals surface area contributed by atoms with Crippen molar-refractivity contribution in [3.05, 3.63) is 53.1 Å². The number of nitrogen functional groups attached to an aromatic ring is 2. The molecule has 0 aliphatic carbocycles. The summed E-state index contributed by atoms with van der Waals surface area (Å²) in [4.78, 5) is 25.9. The van der Waals surface area contributed by atoms with Crippen LogP contribution in [0.15, 0.2) is 36.4 Å². The average Bonchev–Trinajstić information content (AvgIpc) is 2.67. The first-order valence-electron chi connectivity index (χ1n) is 6.14. The summed E-state index contributed by atoms with van der Waals surface area (Å²) in [5.41, 5.74) is 14.4. The number of carbonyl (C=O) groups excluding carboxylic acids is 2. The van der Waals surface area contributed by atoms with Crippen LogP contribution in [0.5, 0.6) is 0 Å². The zero-order valence-electron chi connectivity index (χ0n) is 10.9. The summed E-state index contributed by atoms with van der Waals surface area (Å²) in [5.74, 6) is -0.756. The van der Waals surface area contributed by atoms with Crippen molar-refractivity contribution in [2.75, 3.05) is 16.4 Å². The van der Waals surface area contributed by atoms with Crippen LogP contribution in [-0.4, -0.2) is 11.8 Å². The Morgan fingerprint density at radius 2 is 1.70 bits per heavy atom. The van der Waals surface area contributed by atoms with Crippen LogP contribution >= 0.6 is 0 Å². The van der Waals surface area contributed by atoms with Gasteiger partial charge in [0.1, 0.15) is 0 Å². The molecule has 0 unspecified atom stereocenters. The molecule has 0 saturated carbocycles. The predicted molar refractivity (Wildman–Crippen MR) is 77.6 cm³/mol. The Morgan fingerprint density at radius 1 is 0.950 bits per heavy atom. The van der Waals surface area contributed by atoms with Crippen molar-refractivity contribution >= 4 is 28.9 Å². The van der Waals surface area contributed by atoms with E-state index in [-0.39, 0.29) is 11.5 Å². The van der Waals surface area contributed by atoms with E-state index in [1.54, 1.807) is 36.4 Å². The summed E-state index contributed by atoms with van der Waals surface area (Å²) >= 11 is 0. The quantitative estimate of drug-likeness (QED) is 0.610. The lowest BCUT2D eigenvalue weighted by atomic mass is 10.1. The van der Waals surface area contributed by atoms with E-state index in [1.165, 1.54) is 0 Å². The molecule has 0 bridgehead atoms. The lowest BCUT2D eigenvalue weighted by Crippen LogP contribution is -2.29. The fourth-order valence-corrected chi connectivity index (χ4v) is 2.35. The van der Waals surface area contributed by atoms with Gasteiger partial charge in [0.15, 0.2) is 0 Å². The highest BCUT2D eigenvalue weighted by Crippen LogP contribution is 2.32. The number of anilines is 3. The standard InChI is InChI=1S/C15H13N3O2/c1-8-7-9(5-6-11(8)16)18-14(19)10-3-2-4-12(17)13(10)15(18)20/h2-7H,16-17H2,1H3. The number of hydrogen-bond donors (Lipinski definition) is 2. The second kappa shape index (κ2) is 4.09. The summed E-state index contributed by atoms with van der Waals surface area (Å²) in [7, 11) is 0. The highest BCUT2D eigenvalue weighted by molar-refractivity contribution is 6.36. The third-order valence-corrected chi connectivity index (χ3v) is 3.46. The molecule has 0 radical (unpaired) electrons. The summed E-state index contributed by atoms with van der Waals surface area (Å²) in [5, 5.41) is 0. The first-order chi connectivity index (χ1) is 9.50. The normalized spacial score (nSPS) is 13.8. The van der Waals surface area contributed by atoms with Crippen molar-refractivity contribution in [3.63, 3.8) is 0 Å². The smallest absolute Gasteiger partial charge is 0.268 e. The van der Waals surface area contributed by atoms with Crippen LogP contribution in [0.2, 0.25) is 0 Å². The van der Waals surface area contributed by atoms with Gasteiger partial charge in [-0.05, 0) is 42.8 Å². The van der Waals surface area contributed by atoms with Crippen LogP contribution in [0.3, 0.4) is 0 Å². The maximum absolute atomic E-state index is 12.4. The van der Waals surface area contributed by atoms with Gasteiger partial charge in [-0.25, -0.2) is 4.90 Å². The van der Waals surface area contributed by atoms with Crippen molar-refractivity contribution in [2.24, 2.45) is 0 Å². The van der Waals surface area contributed by atoms with Gasteiger partial charge in [0.25, 0.3) is 11.8 Å². The zero-order valence-corrected chi connectivity index (χ0v) is 10.9. The number of aryl methyl sites for hydroxylation is 1. The van der Waals surface area contributed by atoms with E-state index >= 15 is 0 Å². The van der Waals surface area contributed by atoms with Crippen molar-refractivity contribution < 1.29 is 9.59 Å². The van der Waals surface area contributed by atoms with Gasteiger partial charge in [0.05, 0.1) is 16.8 Å². The van der Waals surface area contributed by atoms with Gasteiger partial charge in [0.2, 0.25) is 0 Å². The molecule has 2 aromatic carbocycles. The number of fused-ring (bicyclic) bond motifs is 1. The Hall–Kier alpha value is -2.82. The molecular formula is C15H13N3O2. The molecule has 100 valence electrons. The van der Waals surface area contributed by atoms with Gasteiger partial charge < -0.3 is 11.5 Å². The number of benzene rings is 2. The lowest BCUT2D eigenvalue weighted by molar-refractivity contribution is 0.0926. The average molecular weight is 267 g/mol. The number of carbonyl (C=O) groups is 2. The molecule has 0 atom stereocenters. The first-order valence-corrected chi connectivity index (χ1v) is 6.14. The van der Waals surface area contributed by atoms with Crippen LogP contribution in [-0.2, 0) is 0 Å². The maximum atomic E-state index is 12.4. The van der Waals surface area contributed by atoms with E-state index < -0.39 is 5.91 Å². The Balaban J connectivity index is 2.14. The van der Waals surface area contributed by atoms with Gasteiger partial charge in [-0.2, -0.15) is 0 Å². The zero-order chi connectivity index (χ0) is 14.4. The summed E-state index contributed by atoms with van der Waals surface area (Å²) in [6, 6.07) is 9.93. The van der Waals surface area contributed by atoms with Gasteiger partial charge in [-0.3, -0.25) is 9.59 Å². The molecule has 0 aromatic heterocycles. The highest BCUT2D eigenvalue weighted by Gasteiger charge is 2.38. The molecule has 2 aromatic rings. The molecule has 1 aliphatic heterocycles. The van der Waals surface area contributed by atoms with Crippen molar-refractivity contribution in [3.8, 4) is 0 Å². The molecule has 0 saturated heterocycles. The Morgan fingerprint density at radius 3 is 2.35 bits per heavy atom. The summed E-state index contributed by atoms with van der Waals surface area (Å²) in [6.07, 6.45) is 0. The third kappa shape index (κ3) is 1.56. The van der Waals surface area contributed by atoms with E-state index in [4.69, 9.17) is 11.5 Å². The van der Waals surface area contributed by atoms with E-state index in [0.29, 0.717) is 22.6 Å². The monoisotopic (exact) mass is 267 g/mol. The molecule has 3 rings (SSSR count). The predicted octanol–water partition coefficient (Wildman–Crippen LogP) is 1.96. The van der Waals surface area contributed by atoms with Crippen LogP contribution in [0.25, 0.3) is 0 Å². The Labute approximate surface area is 115 Å². The van der Waals surface area contributed by atoms with E-state index in [9.17, 15) is 9.59 Å². The minimum absolute atomic E-state index is 0.270. The first kappa shape index (κ1) is 12.2. The maximum Gasteiger partial charge on any atom is 0.268 e. The lowest BCUT2D eigenvalue weighted by Gasteiger charge is -2.15. The van der Waals surface area contributed by atoms with Crippen LogP contribution < -0.4 is 16.4 Å². The van der Waals surface area contributed by atoms with Crippen molar-refractivity contribution in [2.45, 2.75) is 6.92 Å². The third-order valence-electron chi connectivity index (χ3n) is 3.46. The number of imide groups is 1. The number of amides is 2. The topological polar surface area (TPSA) is 89.4 Å². The van der Waals surface area contributed by atoms with Crippen molar-refractivity contribution in [1.29, 1.82) is 0 Å². The highest BCUT2D eigenvalue weighted by atomic mass is 16.2. The molecule has 2 amide bonds. The fraction of sp³-hybridized carbons (Fsp3) is 0.0667. The minimum Gasteiger partial charge on any atom is -0.399 e. The molecule has 5 heteroatoms. The molecule has 1 aliphatic rings. The molecule has 0 fully saturated rings. The second-order valence-corrected chi connectivity index (χ2v) is 4.76. The van der Waals surface area contributed by atoms with Gasteiger partial charge >= 0.3 is 0 Å². The number of hydrogen-bond acceptors (Lipinski definition) is 4. The molecule has 0 spiro atoms. The molecule has 1 heterocycles. The van der Waals surface area contributed by atoms with Gasteiger partial charge in [0, 0.05) is 11.4 Å². The summed E-state index contributed by atoms with van der Waals surface area (Å²) in [6.45, 7) is 1.82. The fourth-order valence-electron chi connectivity index (χ4n) is 2.35.